The van der Waals surface area contributed by atoms with Crippen LogP contribution >= 0.6 is 0 Å². The number of hydrogen-bond acceptors (Lipinski definition) is 2. The molecule has 5 nitrogen and oxygen atoms in total. The summed E-state index contributed by atoms with van der Waals surface area (Å²) >= 11 is 0. The smallest absolute Gasteiger partial charge is 0.307 e. The van der Waals surface area contributed by atoms with Crippen molar-refractivity contribution in [1.29, 1.82) is 0 Å². The molecule has 2 fully saturated rings. The number of aromatic nitrogens is 1. The molecule has 4 unspecified atom stereocenters. The summed E-state index contributed by atoms with van der Waals surface area (Å²) in [6, 6.07) is 4.02. The highest BCUT2D eigenvalue weighted by atomic mass is 16.4. The Morgan fingerprint density at radius 1 is 1.33 bits per heavy atom. The zero-order valence-corrected chi connectivity index (χ0v) is 12.3. The monoisotopic (exact) mass is 290 g/mol. The van der Waals surface area contributed by atoms with Gasteiger partial charge in [0, 0.05) is 18.4 Å². The Morgan fingerprint density at radius 2 is 2.10 bits per heavy atom. The number of likely N-dealkylation sites (tertiary alicyclic amines) is 1. The molecule has 114 valence electrons. The molecule has 1 amide bonds. The molecule has 2 heterocycles. The molecule has 0 spiro atoms. The SMILES string of the molecule is CC1CC(C(=O)O)C(C(=O)N2CCCC2c2ccc[nH]2)C1. The zero-order chi connectivity index (χ0) is 15.0. The average Bonchev–Trinajstić information content (AvgIpc) is 3.17. The van der Waals surface area contributed by atoms with Gasteiger partial charge in [-0.2, -0.15) is 0 Å². The van der Waals surface area contributed by atoms with Crippen LogP contribution in [0.2, 0.25) is 0 Å². The highest BCUT2D eigenvalue weighted by Crippen LogP contribution is 2.40. The van der Waals surface area contributed by atoms with E-state index in [1.165, 1.54) is 0 Å². The summed E-state index contributed by atoms with van der Waals surface area (Å²) in [7, 11) is 0. The quantitative estimate of drug-likeness (QED) is 0.898. The predicted octanol–water partition coefficient (Wildman–Crippen LogP) is 2.43. The van der Waals surface area contributed by atoms with Crippen molar-refractivity contribution in [2.24, 2.45) is 17.8 Å². The highest BCUT2D eigenvalue weighted by Gasteiger charge is 2.45. The van der Waals surface area contributed by atoms with Gasteiger partial charge in [-0.15, -0.1) is 0 Å². The van der Waals surface area contributed by atoms with Crippen LogP contribution in [0.25, 0.3) is 0 Å². The van der Waals surface area contributed by atoms with Gasteiger partial charge in [0.05, 0.1) is 17.9 Å². The summed E-state index contributed by atoms with van der Waals surface area (Å²) in [5, 5.41) is 9.37. The van der Waals surface area contributed by atoms with Crippen molar-refractivity contribution in [3.63, 3.8) is 0 Å². The molecule has 1 aliphatic heterocycles. The summed E-state index contributed by atoms with van der Waals surface area (Å²) in [4.78, 5) is 29.4. The second-order valence-electron chi connectivity index (χ2n) is 6.44. The van der Waals surface area contributed by atoms with Crippen molar-refractivity contribution in [1.82, 2.24) is 9.88 Å². The van der Waals surface area contributed by atoms with Crippen molar-refractivity contribution >= 4 is 11.9 Å². The molecule has 1 saturated carbocycles. The van der Waals surface area contributed by atoms with Gasteiger partial charge in [-0.25, -0.2) is 0 Å². The third kappa shape index (κ3) is 2.57. The molecule has 5 heteroatoms. The van der Waals surface area contributed by atoms with Gasteiger partial charge in [0.2, 0.25) is 5.91 Å². The molecule has 2 N–H and O–H groups in total. The van der Waals surface area contributed by atoms with Gasteiger partial charge < -0.3 is 15.0 Å². The van der Waals surface area contributed by atoms with Crippen LogP contribution in [0.4, 0.5) is 0 Å². The Bertz CT molecular complexity index is 526. The van der Waals surface area contributed by atoms with Crippen molar-refractivity contribution in [3.8, 4) is 0 Å². The number of nitrogens with one attached hydrogen (secondary N) is 1. The normalized spacial score (nSPS) is 32.5. The molecule has 0 aromatic carbocycles. The number of carbonyl (C=O) groups is 2. The minimum atomic E-state index is -0.826. The van der Waals surface area contributed by atoms with Crippen molar-refractivity contribution < 1.29 is 14.7 Å². The van der Waals surface area contributed by atoms with Crippen LogP contribution < -0.4 is 0 Å². The van der Waals surface area contributed by atoms with Gasteiger partial charge in [0.1, 0.15) is 0 Å². The lowest BCUT2D eigenvalue weighted by atomic mass is 9.94. The third-order valence-corrected chi connectivity index (χ3v) is 4.95. The van der Waals surface area contributed by atoms with E-state index in [9.17, 15) is 14.7 Å². The summed E-state index contributed by atoms with van der Waals surface area (Å²) in [6.45, 7) is 2.77. The minimum absolute atomic E-state index is 0.0313. The predicted molar refractivity (Wildman–Crippen MR) is 77.5 cm³/mol. The van der Waals surface area contributed by atoms with Gasteiger partial charge in [0.15, 0.2) is 0 Å². The Kier molecular flexibility index (Phi) is 3.74. The summed E-state index contributed by atoms with van der Waals surface area (Å²) in [6.07, 6.45) is 5.12. The maximum Gasteiger partial charge on any atom is 0.307 e. The number of aliphatic carboxylic acids is 1. The summed E-state index contributed by atoms with van der Waals surface area (Å²) in [5.74, 6) is -1.35. The fourth-order valence-electron chi connectivity index (χ4n) is 3.96. The van der Waals surface area contributed by atoms with Crippen LogP contribution in [0, 0.1) is 17.8 Å². The van der Waals surface area contributed by atoms with E-state index < -0.39 is 11.9 Å². The molecular weight excluding hydrogens is 268 g/mol. The highest BCUT2D eigenvalue weighted by molar-refractivity contribution is 5.85. The minimum Gasteiger partial charge on any atom is -0.481 e. The first-order chi connectivity index (χ1) is 10.1. The van der Waals surface area contributed by atoms with Crippen LogP contribution in [-0.2, 0) is 9.59 Å². The number of hydrogen-bond donors (Lipinski definition) is 2. The fourth-order valence-corrected chi connectivity index (χ4v) is 3.96. The first kappa shape index (κ1) is 14.2. The molecule has 1 aromatic heterocycles. The van der Waals surface area contributed by atoms with Crippen LogP contribution in [0.15, 0.2) is 18.3 Å². The first-order valence-corrected chi connectivity index (χ1v) is 7.74. The molecule has 21 heavy (non-hydrogen) atoms. The van der Waals surface area contributed by atoms with E-state index in [-0.39, 0.29) is 17.9 Å². The van der Waals surface area contributed by atoms with E-state index in [1.54, 1.807) is 0 Å². The number of aromatic amines is 1. The summed E-state index contributed by atoms with van der Waals surface area (Å²) < 4.78 is 0. The van der Waals surface area contributed by atoms with Gasteiger partial charge in [-0.1, -0.05) is 6.92 Å². The van der Waals surface area contributed by atoms with E-state index in [0.29, 0.717) is 18.8 Å². The van der Waals surface area contributed by atoms with Crippen molar-refractivity contribution in [2.75, 3.05) is 6.54 Å². The number of carbonyl (C=O) groups excluding carboxylic acids is 1. The molecule has 1 aromatic rings. The number of carboxylic acids is 1. The number of rotatable bonds is 3. The third-order valence-electron chi connectivity index (χ3n) is 4.95. The first-order valence-electron chi connectivity index (χ1n) is 7.74. The Morgan fingerprint density at radius 3 is 2.76 bits per heavy atom. The number of nitrogens with zero attached hydrogens (tertiary/aromatic N) is 1. The molecule has 0 radical (unpaired) electrons. The Balaban J connectivity index is 1.79. The Labute approximate surface area is 124 Å². The van der Waals surface area contributed by atoms with E-state index in [0.717, 1.165) is 25.1 Å². The van der Waals surface area contributed by atoms with E-state index in [1.807, 2.05) is 30.2 Å². The lowest BCUT2D eigenvalue weighted by molar-refractivity contribution is -0.149. The standard InChI is InChI=1S/C16H22N2O3/c1-10-8-11(12(9-10)16(20)21)15(19)18-7-3-5-14(18)13-4-2-6-17-13/h2,4,6,10-12,14,17H,3,5,7-9H2,1H3,(H,20,21). The molecule has 4 atom stereocenters. The van der Waals surface area contributed by atoms with Crippen LogP contribution in [0.3, 0.4) is 0 Å². The molecule has 2 aliphatic rings. The number of amides is 1. The van der Waals surface area contributed by atoms with Crippen molar-refractivity contribution in [2.45, 2.75) is 38.6 Å². The van der Waals surface area contributed by atoms with Crippen LogP contribution in [0.5, 0.6) is 0 Å². The van der Waals surface area contributed by atoms with E-state index in [4.69, 9.17) is 0 Å². The zero-order valence-electron chi connectivity index (χ0n) is 12.3. The van der Waals surface area contributed by atoms with Crippen molar-refractivity contribution in [3.05, 3.63) is 24.0 Å². The number of carboxylic acid groups (broad SMARTS) is 1. The largest absolute Gasteiger partial charge is 0.481 e. The maximum atomic E-state index is 12.9. The number of H-pyrrole nitrogens is 1. The van der Waals surface area contributed by atoms with Crippen LogP contribution in [0.1, 0.15) is 44.3 Å². The van der Waals surface area contributed by atoms with Crippen LogP contribution in [-0.4, -0.2) is 33.4 Å². The lowest BCUT2D eigenvalue weighted by Crippen LogP contribution is -2.39. The second-order valence-corrected chi connectivity index (χ2v) is 6.44. The van der Waals surface area contributed by atoms with Gasteiger partial charge >= 0.3 is 5.97 Å². The molecule has 1 saturated heterocycles. The summed E-state index contributed by atoms with van der Waals surface area (Å²) in [5.41, 5.74) is 1.05. The molecular formula is C16H22N2O3. The second kappa shape index (κ2) is 5.54. The van der Waals surface area contributed by atoms with E-state index in [2.05, 4.69) is 4.98 Å². The van der Waals surface area contributed by atoms with Gasteiger partial charge in [-0.05, 0) is 43.7 Å². The maximum absolute atomic E-state index is 12.9. The fraction of sp³-hybridized carbons (Fsp3) is 0.625. The molecule has 0 bridgehead atoms. The van der Waals surface area contributed by atoms with Gasteiger partial charge in [-0.3, -0.25) is 9.59 Å². The van der Waals surface area contributed by atoms with Gasteiger partial charge in [0.25, 0.3) is 0 Å². The molecule has 1 aliphatic carbocycles. The Hall–Kier alpha value is -1.78. The lowest BCUT2D eigenvalue weighted by Gasteiger charge is -2.28. The average molecular weight is 290 g/mol. The topological polar surface area (TPSA) is 73.4 Å². The molecule has 3 rings (SSSR count). The van der Waals surface area contributed by atoms with E-state index >= 15 is 0 Å².